The molecule has 0 saturated carbocycles. The molecule has 0 atom stereocenters. The molecule has 0 amide bonds. The molecule has 2 aromatic rings. The van der Waals surface area contributed by atoms with Crippen molar-refractivity contribution in [2.24, 2.45) is 0 Å². The van der Waals surface area contributed by atoms with Gasteiger partial charge in [0.15, 0.2) is 13.0 Å². The summed E-state index contributed by atoms with van der Waals surface area (Å²) in [5, 5.41) is 9.77. The van der Waals surface area contributed by atoms with Crippen LogP contribution in [0.15, 0.2) is 65.1 Å². The van der Waals surface area contributed by atoms with Crippen molar-refractivity contribution in [3.8, 4) is 22.5 Å². The second kappa shape index (κ2) is 9.17. The lowest BCUT2D eigenvalue weighted by Crippen LogP contribution is -2.39. The van der Waals surface area contributed by atoms with Gasteiger partial charge in [0.2, 0.25) is 5.36 Å². The maximum Gasteiger partial charge on any atom is 0.336 e. The second-order valence-corrected chi connectivity index (χ2v) is 7.42. The largest absolute Gasteiger partial charge is 0.478 e. The molecule has 2 aromatic carbocycles. The lowest BCUT2D eigenvalue weighted by atomic mass is 9.90. The van der Waals surface area contributed by atoms with Crippen molar-refractivity contribution in [2.45, 2.75) is 0 Å². The predicted molar refractivity (Wildman–Crippen MR) is 134 cm³/mol. The van der Waals surface area contributed by atoms with Crippen molar-refractivity contribution in [1.29, 1.82) is 0 Å². The maximum atomic E-state index is 12.3. The SMILES string of the molecule is [2H]C1([2H])OC([2H])([2H])C([2H])([2H])N(c2ccc3c(-c4ccccc4C(=O)O)c4ccc(=[N+]5C([2H])([2H])C([2H])([2H])OC([2H])([2H])C5([2H])[2H])cc-4oc3c2)C1([2H])[2H]. The molecule has 1 N–H and O–H groups in total. The number of nitrogens with zero attached hydrogens (tertiary/aromatic N) is 2. The number of hydrogen-bond acceptors (Lipinski definition) is 5. The summed E-state index contributed by atoms with van der Waals surface area (Å²) in [6, 6.07) is 12.8. The average molecular weight is 488 g/mol. The fourth-order valence-electron chi connectivity index (χ4n) is 3.96. The summed E-state index contributed by atoms with van der Waals surface area (Å²) in [5.41, 5.74) is -0.426. The lowest BCUT2D eigenvalue weighted by molar-refractivity contribution is 0.0697. The van der Waals surface area contributed by atoms with E-state index in [4.69, 9.17) is 26.3 Å². The fourth-order valence-corrected chi connectivity index (χ4v) is 3.96. The Morgan fingerprint density at radius 3 is 2.49 bits per heavy atom. The van der Waals surface area contributed by atoms with Crippen molar-refractivity contribution in [3.63, 3.8) is 0 Å². The molecule has 35 heavy (non-hydrogen) atoms. The van der Waals surface area contributed by atoms with Gasteiger partial charge in [-0.05, 0) is 29.8 Å². The van der Waals surface area contributed by atoms with Crippen LogP contribution in [0.3, 0.4) is 0 Å². The molecular formula is C28H27N2O5+. The molecule has 0 radical (unpaired) electrons. The average Bonchev–Trinajstić information content (AvgIpc) is 2.97. The Bertz CT molecular complexity index is 2090. The molecule has 0 unspecified atom stereocenters. The standard InChI is InChI=1S/C28H26N2O5/c31-28(32)22-4-2-1-3-21(22)27-23-7-5-19(29-9-13-33-14-10-29)17-25(23)35-26-18-20(6-8-24(26)27)30-11-15-34-16-12-30/h1-8,17-18H,9-16H2/p+1/i9D2,10D2,11D2,12D2,13D2,14D2,15D2,16D2. The second-order valence-electron chi connectivity index (χ2n) is 7.42. The molecule has 3 aliphatic heterocycles. The quantitative estimate of drug-likeness (QED) is 0.352. The van der Waals surface area contributed by atoms with Gasteiger partial charge in [-0.2, -0.15) is 0 Å². The summed E-state index contributed by atoms with van der Waals surface area (Å²) in [7, 11) is 0. The van der Waals surface area contributed by atoms with Crippen LogP contribution in [-0.2, 0) is 9.47 Å². The summed E-state index contributed by atoms with van der Waals surface area (Å²) < 4.78 is 148. The van der Waals surface area contributed by atoms with E-state index in [0.29, 0.717) is 0 Å². The van der Waals surface area contributed by atoms with Gasteiger partial charge in [-0.1, -0.05) is 18.2 Å². The first kappa shape index (κ1) is 10.5. The van der Waals surface area contributed by atoms with E-state index >= 15 is 0 Å². The molecular weight excluding hydrogens is 444 g/mol. The van der Waals surface area contributed by atoms with E-state index in [1.54, 1.807) is 0 Å². The number of benzene rings is 3. The van der Waals surface area contributed by atoms with E-state index in [-0.39, 0.29) is 48.5 Å². The van der Waals surface area contributed by atoms with Crippen molar-refractivity contribution in [3.05, 3.63) is 71.6 Å². The molecule has 0 spiro atoms. The number of carboxylic acid groups (broad SMARTS) is 1. The Morgan fingerprint density at radius 2 is 1.69 bits per heavy atom. The minimum absolute atomic E-state index is 0.116. The maximum absolute atomic E-state index is 12.3. The molecule has 178 valence electrons. The van der Waals surface area contributed by atoms with Crippen LogP contribution in [0, 0.1) is 0 Å². The zero-order valence-electron chi connectivity index (χ0n) is 33.7. The zero-order chi connectivity index (χ0) is 38.1. The van der Waals surface area contributed by atoms with Crippen LogP contribution in [-0.4, -0.2) is 63.3 Å². The minimum atomic E-state index is -3.38. The molecule has 2 fully saturated rings. The highest BCUT2D eigenvalue weighted by Gasteiger charge is 2.23. The van der Waals surface area contributed by atoms with Gasteiger partial charge in [0, 0.05) is 47.3 Å². The Balaban J connectivity index is 1.74. The summed E-state index contributed by atoms with van der Waals surface area (Å²) in [5.74, 6) is -1.57. The minimum Gasteiger partial charge on any atom is -0.478 e. The van der Waals surface area contributed by atoms with Crippen LogP contribution in [0.2, 0.25) is 0 Å². The van der Waals surface area contributed by atoms with Gasteiger partial charge < -0.3 is 23.9 Å². The zero-order valence-corrected chi connectivity index (χ0v) is 17.7. The van der Waals surface area contributed by atoms with E-state index in [9.17, 15) is 9.90 Å². The number of carbonyl (C=O) groups is 1. The Morgan fingerprint density at radius 1 is 0.914 bits per heavy atom. The first-order valence-electron chi connectivity index (χ1n) is 18.3. The number of anilines is 1. The van der Waals surface area contributed by atoms with Crippen molar-refractivity contribution in [2.75, 3.05) is 57.1 Å². The Labute approximate surface area is 225 Å². The molecule has 7 heteroatoms. The number of carboxylic acids is 1. The van der Waals surface area contributed by atoms with Crippen LogP contribution in [0.4, 0.5) is 5.69 Å². The van der Waals surface area contributed by atoms with E-state index in [0.717, 1.165) is 24.3 Å². The highest BCUT2D eigenvalue weighted by Crippen LogP contribution is 2.42. The third-order valence-electron chi connectivity index (χ3n) is 5.47. The molecule has 4 aliphatic rings. The van der Waals surface area contributed by atoms with Crippen LogP contribution >= 0.6 is 0 Å². The van der Waals surface area contributed by atoms with Crippen molar-refractivity contribution < 1.29 is 45.7 Å². The Hall–Kier alpha value is -3.68. The van der Waals surface area contributed by atoms with Gasteiger partial charge in [-0.3, -0.25) is 0 Å². The molecule has 1 aliphatic carbocycles. The van der Waals surface area contributed by atoms with Crippen LogP contribution in [0.5, 0.6) is 0 Å². The summed E-state index contributed by atoms with van der Waals surface area (Å²) in [6.45, 7) is -26.9. The Kier molecular flexibility index (Phi) is 2.76. The first-order valence-corrected chi connectivity index (χ1v) is 10.3. The third kappa shape index (κ3) is 4.07. The molecule has 6 rings (SSSR count). The van der Waals surface area contributed by atoms with Crippen LogP contribution < -0.4 is 14.8 Å². The van der Waals surface area contributed by atoms with Crippen molar-refractivity contribution in [1.82, 2.24) is 4.58 Å². The number of morpholine rings is 2. The van der Waals surface area contributed by atoms with Gasteiger partial charge in [-0.25, -0.2) is 9.37 Å². The van der Waals surface area contributed by atoms with E-state index in [1.807, 2.05) is 0 Å². The van der Waals surface area contributed by atoms with Gasteiger partial charge in [0.05, 0.1) is 41.2 Å². The number of hydrogen-bond donors (Lipinski definition) is 1. The highest BCUT2D eigenvalue weighted by molar-refractivity contribution is 6.07. The summed E-state index contributed by atoms with van der Waals surface area (Å²) in [6.07, 6.45) is 0. The first-order chi connectivity index (χ1) is 23.1. The molecule has 3 heterocycles. The predicted octanol–water partition coefficient (Wildman–Crippen LogP) is 3.54. The topological polar surface area (TPSA) is 75.1 Å². The van der Waals surface area contributed by atoms with Gasteiger partial charge in [0.1, 0.15) is 29.9 Å². The normalized spacial score (nSPS) is 35.0. The van der Waals surface area contributed by atoms with Crippen LogP contribution in [0.1, 0.15) is 32.3 Å². The van der Waals surface area contributed by atoms with E-state index < -0.39 is 69.2 Å². The van der Waals surface area contributed by atoms with Crippen LogP contribution in [0.25, 0.3) is 33.4 Å². The molecule has 2 saturated heterocycles. The lowest BCUT2D eigenvalue weighted by Gasteiger charge is -2.29. The summed E-state index contributed by atoms with van der Waals surface area (Å²) in [4.78, 5) is 12.6. The van der Waals surface area contributed by atoms with E-state index in [1.165, 1.54) is 36.4 Å². The number of aromatic carboxylic acids is 1. The number of rotatable bonds is 3. The van der Waals surface area contributed by atoms with Crippen molar-refractivity contribution >= 4 is 22.6 Å². The molecule has 0 bridgehead atoms. The van der Waals surface area contributed by atoms with Gasteiger partial charge >= 0.3 is 5.97 Å². The summed E-state index contributed by atoms with van der Waals surface area (Å²) >= 11 is 0. The monoisotopic (exact) mass is 487 g/mol. The number of fused-ring (bicyclic) bond motifs is 2. The third-order valence-corrected chi connectivity index (χ3v) is 5.47. The van der Waals surface area contributed by atoms with Gasteiger partial charge in [-0.15, -0.1) is 0 Å². The smallest absolute Gasteiger partial charge is 0.336 e. The fraction of sp³-hybridized carbons (Fsp3) is 0.286. The highest BCUT2D eigenvalue weighted by atomic mass is 16.5. The number of ether oxygens (including phenoxy) is 2. The molecule has 0 aromatic heterocycles. The molecule has 7 nitrogen and oxygen atoms in total. The van der Waals surface area contributed by atoms with Gasteiger partial charge in [0.25, 0.3) is 0 Å². The van der Waals surface area contributed by atoms with E-state index in [2.05, 4.69) is 9.47 Å².